The third-order valence-electron chi connectivity index (χ3n) is 8.64. The molecule has 0 radical (unpaired) electrons. The highest BCUT2D eigenvalue weighted by Gasteiger charge is 2.30. The van der Waals surface area contributed by atoms with E-state index in [1.54, 1.807) is 25.5 Å². The number of benzene rings is 3. The summed E-state index contributed by atoms with van der Waals surface area (Å²) in [5, 5.41) is 3.26. The summed E-state index contributed by atoms with van der Waals surface area (Å²) in [6.45, 7) is 2.21. The van der Waals surface area contributed by atoms with Crippen LogP contribution in [-0.2, 0) is 14.8 Å². The summed E-state index contributed by atoms with van der Waals surface area (Å²) >= 11 is 1.10. The molecule has 0 saturated carbocycles. The van der Waals surface area contributed by atoms with Crippen LogP contribution in [0.3, 0.4) is 0 Å². The molecule has 10 nitrogen and oxygen atoms in total. The smallest absolute Gasteiger partial charge is 0.265 e. The normalized spacial score (nSPS) is 13.6. The van der Waals surface area contributed by atoms with Crippen LogP contribution in [0.25, 0.3) is 44.2 Å². The Labute approximate surface area is 282 Å². The van der Waals surface area contributed by atoms with E-state index in [9.17, 15) is 18.0 Å². The summed E-state index contributed by atoms with van der Waals surface area (Å²) in [7, 11) is 0.624. The lowest BCUT2D eigenvalue weighted by atomic mass is 9.92. The first kappa shape index (κ1) is 31.6. The molecule has 244 valence electrons. The molecule has 48 heavy (non-hydrogen) atoms. The highest BCUT2D eigenvalue weighted by molar-refractivity contribution is 7.93. The first-order valence-electron chi connectivity index (χ1n) is 15.4. The topological polar surface area (TPSA) is 116 Å². The maximum Gasteiger partial charge on any atom is 0.265 e. The van der Waals surface area contributed by atoms with Gasteiger partial charge in [0.15, 0.2) is 0 Å². The van der Waals surface area contributed by atoms with Crippen LogP contribution in [0.1, 0.15) is 20.0 Å². The number of hydrogen-bond donors (Lipinski definition) is 1. The lowest BCUT2D eigenvalue weighted by molar-refractivity contribution is 0.0303. The molecule has 1 saturated heterocycles. The zero-order valence-corrected chi connectivity index (χ0v) is 28.3. The average Bonchev–Trinajstić information content (AvgIpc) is 3.77. The number of morpholine rings is 1. The zero-order chi connectivity index (χ0) is 33.6. The van der Waals surface area contributed by atoms with Crippen LogP contribution in [-0.4, -0.2) is 87.4 Å². The van der Waals surface area contributed by atoms with Crippen LogP contribution in [0.4, 0.5) is 5.69 Å². The second kappa shape index (κ2) is 12.5. The van der Waals surface area contributed by atoms with Gasteiger partial charge < -0.3 is 19.5 Å². The number of pyridine rings is 1. The van der Waals surface area contributed by atoms with E-state index in [1.807, 2.05) is 77.8 Å². The van der Waals surface area contributed by atoms with Gasteiger partial charge in [-0.1, -0.05) is 42.5 Å². The van der Waals surface area contributed by atoms with Crippen molar-refractivity contribution in [3.63, 3.8) is 0 Å². The number of H-pyrrole nitrogens is 1. The number of aromatic nitrogens is 2. The number of ether oxygens (including phenoxy) is 1. The molecule has 2 amide bonds. The summed E-state index contributed by atoms with van der Waals surface area (Å²) in [6, 6.07) is 24.5. The van der Waals surface area contributed by atoms with Crippen molar-refractivity contribution in [2.45, 2.75) is 4.90 Å². The largest absolute Gasteiger partial charge is 0.378 e. The minimum atomic E-state index is -4.06. The molecule has 1 N–H and O–H groups in total. The molecule has 7 rings (SSSR count). The van der Waals surface area contributed by atoms with Crippen molar-refractivity contribution in [3.05, 3.63) is 101 Å². The number of anilines is 1. The molecule has 3 aromatic carbocycles. The number of nitrogens with one attached hydrogen (secondary N) is 1. The van der Waals surface area contributed by atoms with Crippen molar-refractivity contribution in [1.29, 1.82) is 0 Å². The molecule has 12 heteroatoms. The minimum absolute atomic E-state index is 0.0226. The van der Waals surface area contributed by atoms with E-state index in [0.29, 0.717) is 43.2 Å². The van der Waals surface area contributed by atoms with Crippen LogP contribution in [0.2, 0.25) is 0 Å². The van der Waals surface area contributed by atoms with Gasteiger partial charge in [-0.25, -0.2) is 13.4 Å². The first-order chi connectivity index (χ1) is 23.1. The Hall–Kier alpha value is -5.04. The molecule has 1 fully saturated rings. The molecule has 0 atom stereocenters. The van der Waals surface area contributed by atoms with E-state index < -0.39 is 10.0 Å². The SMILES string of the molecule is CN(C)C(=O)c1sccc1S(=O)(=O)N(C)c1ccc2[nH]c3ncc(-c4ccc(C(=O)N5CCOCC5)cc4)c(-c4ccccc4)c3c2c1. The van der Waals surface area contributed by atoms with E-state index in [1.165, 1.54) is 22.3 Å². The third kappa shape index (κ3) is 5.51. The van der Waals surface area contributed by atoms with Crippen molar-refractivity contribution in [2.24, 2.45) is 0 Å². The summed E-state index contributed by atoms with van der Waals surface area (Å²) in [4.78, 5) is 37.4. The van der Waals surface area contributed by atoms with Gasteiger partial charge in [0.2, 0.25) is 0 Å². The maximum atomic E-state index is 13.9. The number of carbonyl (C=O) groups excluding carboxylic acids is 2. The van der Waals surface area contributed by atoms with Crippen LogP contribution >= 0.6 is 11.3 Å². The molecule has 0 spiro atoms. The lowest BCUT2D eigenvalue weighted by Gasteiger charge is -2.26. The molecule has 6 aromatic rings. The molecule has 1 aliphatic heterocycles. The quantitative estimate of drug-likeness (QED) is 0.218. The predicted molar refractivity (Wildman–Crippen MR) is 189 cm³/mol. The molecule has 3 aromatic heterocycles. The Kier molecular flexibility index (Phi) is 8.24. The molecule has 1 aliphatic rings. The van der Waals surface area contributed by atoms with Crippen molar-refractivity contribution in [3.8, 4) is 22.3 Å². The Morgan fingerprint density at radius 2 is 1.65 bits per heavy atom. The summed E-state index contributed by atoms with van der Waals surface area (Å²) in [6.07, 6.45) is 1.83. The second-order valence-corrected chi connectivity index (χ2v) is 14.6. The van der Waals surface area contributed by atoms with Crippen LogP contribution in [0.15, 0.2) is 95.3 Å². The Balaban J connectivity index is 1.35. The fraction of sp³-hybridized carbons (Fsp3) is 0.194. The van der Waals surface area contributed by atoms with Gasteiger partial charge in [-0.05, 0) is 52.9 Å². The zero-order valence-electron chi connectivity index (χ0n) is 26.6. The van der Waals surface area contributed by atoms with Gasteiger partial charge in [-0.15, -0.1) is 11.3 Å². The Morgan fingerprint density at radius 1 is 0.917 bits per heavy atom. The number of rotatable bonds is 7. The van der Waals surface area contributed by atoms with Gasteiger partial charge in [-0.3, -0.25) is 13.9 Å². The summed E-state index contributed by atoms with van der Waals surface area (Å²) in [5.74, 6) is -0.390. The number of nitrogens with zero attached hydrogens (tertiary/aromatic N) is 4. The van der Waals surface area contributed by atoms with E-state index in [-0.39, 0.29) is 21.6 Å². The van der Waals surface area contributed by atoms with Gasteiger partial charge in [0.05, 0.1) is 18.9 Å². The van der Waals surface area contributed by atoms with Gasteiger partial charge in [0, 0.05) is 73.4 Å². The monoisotopic (exact) mass is 679 g/mol. The highest BCUT2D eigenvalue weighted by Crippen LogP contribution is 2.42. The second-order valence-electron chi connectivity index (χ2n) is 11.8. The van der Waals surface area contributed by atoms with Crippen LogP contribution in [0, 0.1) is 0 Å². The van der Waals surface area contributed by atoms with E-state index >= 15 is 0 Å². The van der Waals surface area contributed by atoms with E-state index in [4.69, 9.17) is 9.72 Å². The van der Waals surface area contributed by atoms with Gasteiger partial charge >= 0.3 is 0 Å². The molecule has 0 unspecified atom stereocenters. The first-order valence-corrected chi connectivity index (χ1v) is 17.7. The van der Waals surface area contributed by atoms with Gasteiger partial charge in [-0.2, -0.15) is 0 Å². The Morgan fingerprint density at radius 3 is 2.35 bits per heavy atom. The van der Waals surface area contributed by atoms with Crippen molar-refractivity contribution < 1.29 is 22.7 Å². The Bertz CT molecular complexity index is 2270. The number of amides is 2. The fourth-order valence-electron chi connectivity index (χ4n) is 6.05. The van der Waals surface area contributed by atoms with Crippen LogP contribution in [0.5, 0.6) is 0 Å². The number of fused-ring (bicyclic) bond motifs is 3. The standard InChI is InChI=1S/C36H33N5O5S2/c1-39(2)36(43)33-30(15-20-47-33)48(44,45)40(3)26-13-14-29-27(21-26)32-31(24-7-5-4-6-8-24)28(22-37-34(32)38-29)23-9-11-25(12-10-23)35(42)41-16-18-46-19-17-41/h4-15,20-22H,16-19H2,1-3H3,(H,37,38). The fourth-order valence-corrected chi connectivity index (χ4v) is 8.65. The average molecular weight is 680 g/mol. The summed E-state index contributed by atoms with van der Waals surface area (Å²) in [5.41, 5.74) is 6.16. The number of sulfonamides is 1. The highest BCUT2D eigenvalue weighted by atomic mass is 32.2. The number of carbonyl (C=O) groups is 2. The van der Waals surface area contributed by atoms with Gasteiger partial charge in [0.1, 0.15) is 15.4 Å². The molecular formula is C36H33N5O5S2. The molecule has 0 bridgehead atoms. The number of hydrogen-bond acceptors (Lipinski definition) is 7. The van der Waals surface area contributed by atoms with Crippen LogP contribution < -0.4 is 4.31 Å². The lowest BCUT2D eigenvalue weighted by Crippen LogP contribution is -2.40. The molecular weight excluding hydrogens is 647 g/mol. The maximum absolute atomic E-state index is 13.9. The molecule has 0 aliphatic carbocycles. The van der Waals surface area contributed by atoms with Crippen molar-refractivity contribution in [1.82, 2.24) is 19.8 Å². The van der Waals surface area contributed by atoms with Crippen molar-refractivity contribution in [2.75, 3.05) is 51.8 Å². The van der Waals surface area contributed by atoms with Crippen molar-refractivity contribution >= 4 is 60.8 Å². The molecule has 4 heterocycles. The van der Waals surface area contributed by atoms with E-state index in [2.05, 4.69) is 4.98 Å². The van der Waals surface area contributed by atoms with Gasteiger partial charge in [0.25, 0.3) is 21.8 Å². The minimum Gasteiger partial charge on any atom is -0.378 e. The van der Waals surface area contributed by atoms with E-state index in [0.717, 1.165) is 49.9 Å². The third-order valence-corrected chi connectivity index (χ3v) is 11.5. The number of thiophene rings is 1. The predicted octanol–water partition coefficient (Wildman–Crippen LogP) is 6.11. The number of aromatic amines is 1. The summed E-state index contributed by atoms with van der Waals surface area (Å²) < 4.78 is 34.4.